The molecule has 7 nitrogen and oxygen atoms in total. The highest BCUT2D eigenvalue weighted by Crippen LogP contribution is 2.35. The van der Waals surface area contributed by atoms with Crippen molar-refractivity contribution in [2.24, 2.45) is 0 Å². The van der Waals surface area contributed by atoms with Gasteiger partial charge in [-0.15, -0.1) is 0 Å². The number of nitrogens with one attached hydrogen (secondary N) is 1. The molecule has 1 aliphatic heterocycles. The summed E-state index contributed by atoms with van der Waals surface area (Å²) in [5.41, 5.74) is 0.800. The predicted molar refractivity (Wildman–Crippen MR) is 95.9 cm³/mol. The molecule has 27 heavy (non-hydrogen) atoms. The summed E-state index contributed by atoms with van der Waals surface area (Å²) >= 11 is 0. The molecule has 4 rings (SSSR count). The van der Waals surface area contributed by atoms with Gasteiger partial charge in [-0.2, -0.15) is 5.10 Å². The standard InChI is InChI=1S/C19H23FN4O3/c1-2-26-17-11-15(18(17)24-7-3-6-21-24)22-19(25)23-8-9-27-16-10-14(20)5-4-13(16)12-23/h3-7,10,15,17-18H,2,8-9,11-12H2,1H3,(H,22,25). The Bertz CT molecular complexity index is 798. The second-order valence-electron chi connectivity index (χ2n) is 6.78. The molecule has 0 spiro atoms. The highest BCUT2D eigenvalue weighted by Gasteiger charge is 2.44. The van der Waals surface area contributed by atoms with E-state index in [4.69, 9.17) is 9.47 Å². The third kappa shape index (κ3) is 3.62. The number of aromatic nitrogens is 2. The van der Waals surface area contributed by atoms with E-state index in [1.54, 1.807) is 17.2 Å². The van der Waals surface area contributed by atoms with Crippen molar-refractivity contribution in [3.8, 4) is 5.75 Å². The normalized spacial score (nSPS) is 24.4. The number of amides is 2. The summed E-state index contributed by atoms with van der Waals surface area (Å²) in [5.74, 6) is 0.157. The topological polar surface area (TPSA) is 68.6 Å². The maximum absolute atomic E-state index is 13.4. The fraction of sp³-hybridized carbons (Fsp3) is 0.474. The van der Waals surface area contributed by atoms with Gasteiger partial charge in [0.1, 0.15) is 18.2 Å². The van der Waals surface area contributed by atoms with Crippen LogP contribution in [0.1, 0.15) is 24.9 Å². The summed E-state index contributed by atoms with van der Waals surface area (Å²) in [4.78, 5) is 14.5. The van der Waals surface area contributed by atoms with Crippen molar-refractivity contribution in [1.82, 2.24) is 20.0 Å². The van der Waals surface area contributed by atoms with Gasteiger partial charge in [-0.25, -0.2) is 9.18 Å². The maximum Gasteiger partial charge on any atom is 0.318 e. The largest absolute Gasteiger partial charge is 0.491 e. The van der Waals surface area contributed by atoms with E-state index < -0.39 is 0 Å². The van der Waals surface area contributed by atoms with Gasteiger partial charge < -0.3 is 19.7 Å². The monoisotopic (exact) mass is 374 g/mol. The van der Waals surface area contributed by atoms with Gasteiger partial charge in [-0.1, -0.05) is 6.07 Å². The Morgan fingerprint density at radius 2 is 2.37 bits per heavy atom. The first-order valence-corrected chi connectivity index (χ1v) is 9.23. The molecule has 2 amide bonds. The number of fused-ring (bicyclic) bond motifs is 1. The molecule has 1 aromatic carbocycles. The third-order valence-electron chi connectivity index (χ3n) is 5.10. The lowest BCUT2D eigenvalue weighted by Crippen LogP contribution is -2.59. The molecular weight excluding hydrogens is 351 g/mol. The lowest BCUT2D eigenvalue weighted by atomic mass is 9.82. The average molecular weight is 374 g/mol. The Morgan fingerprint density at radius 3 is 3.15 bits per heavy atom. The van der Waals surface area contributed by atoms with Crippen molar-refractivity contribution < 1.29 is 18.7 Å². The first-order valence-electron chi connectivity index (χ1n) is 9.23. The second kappa shape index (κ2) is 7.56. The number of ether oxygens (including phenoxy) is 2. The van der Waals surface area contributed by atoms with Crippen LogP contribution in [0, 0.1) is 5.82 Å². The van der Waals surface area contributed by atoms with Gasteiger partial charge in [0.05, 0.1) is 31.3 Å². The number of benzene rings is 1. The number of hydrogen-bond acceptors (Lipinski definition) is 4. The van der Waals surface area contributed by atoms with Crippen LogP contribution in [-0.2, 0) is 11.3 Å². The summed E-state index contributed by atoms with van der Waals surface area (Å²) in [6.07, 6.45) is 4.40. The molecule has 1 N–H and O–H groups in total. The molecule has 3 atom stereocenters. The number of hydrogen-bond donors (Lipinski definition) is 1. The molecular formula is C19H23FN4O3. The number of urea groups is 1. The van der Waals surface area contributed by atoms with Crippen molar-refractivity contribution in [3.63, 3.8) is 0 Å². The molecule has 1 aliphatic carbocycles. The van der Waals surface area contributed by atoms with Crippen molar-refractivity contribution in [3.05, 3.63) is 48.0 Å². The lowest BCUT2D eigenvalue weighted by molar-refractivity contribution is -0.0583. The maximum atomic E-state index is 13.4. The molecule has 0 radical (unpaired) electrons. The van der Waals surface area contributed by atoms with Crippen LogP contribution in [-0.4, -0.2) is 52.6 Å². The Balaban J connectivity index is 1.43. The van der Waals surface area contributed by atoms with Crippen molar-refractivity contribution in [2.45, 2.75) is 38.1 Å². The Hall–Kier alpha value is -2.61. The van der Waals surface area contributed by atoms with Gasteiger partial charge in [0, 0.05) is 30.6 Å². The summed E-state index contributed by atoms with van der Waals surface area (Å²) in [7, 11) is 0. The summed E-state index contributed by atoms with van der Waals surface area (Å²) in [6.45, 7) is 3.74. The van der Waals surface area contributed by atoms with Crippen LogP contribution in [0.25, 0.3) is 0 Å². The minimum absolute atomic E-state index is 0.0199. The van der Waals surface area contributed by atoms with Gasteiger partial charge >= 0.3 is 6.03 Å². The molecule has 0 bridgehead atoms. The smallest absolute Gasteiger partial charge is 0.318 e. The zero-order chi connectivity index (χ0) is 18.8. The minimum atomic E-state index is -0.342. The van der Waals surface area contributed by atoms with Gasteiger partial charge in [0.25, 0.3) is 0 Å². The molecule has 2 aromatic rings. The van der Waals surface area contributed by atoms with Crippen molar-refractivity contribution in [2.75, 3.05) is 19.8 Å². The highest BCUT2D eigenvalue weighted by molar-refractivity contribution is 5.75. The Labute approximate surface area is 157 Å². The number of halogens is 1. The summed E-state index contributed by atoms with van der Waals surface area (Å²) in [6, 6.07) is 6.05. The zero-order valence-corrected chi connectivity index (χ0v) is 15.2. The van der Waals surface area contributed by atoms with Crippen molar-refractivity contribution in [1.29, 1.82) is 0 Å². The van der Waals surface area contributed by atoms with Crippen LogP contribution in [0.15, 0.2) is 36.7 Å². The second-order valence-corrected chi connectivity index (χ2v) is 6.78. The lowest BCUT2D eigenvalue weighted by Gasteiger charge is -2.44. The number of rotatable bonds is 4. The van der Waals surface area contributed by atoms with Crippen LogP contribution in [0.5, 0.6) is 5.75 Å². The van der Waals surface area contributed by atoms with E-state index >= 15 is 0 Å². The summed E-state index contributed by atoms with van der Waals surface area (Å²) in [5, 5.41) is 7.41. The summed E-state index contributed by atoms with van der Waals surface area (Å²) < 4.78 is 26.6. The van der Waals surface area contributed by atoms with Gasteiger partial charge in [-0.05, 0) is 25.5 Å². The molecule has 8 heteroatoms. The fourth-order valence-corrected chi connectivity index (χ4v) is 3.70. The van der Waals surface area contributed by atoms with Gasteiger partial charge in [0.2, 0.25) is 0 Å². The minimum Gasteiger partial charge on any atom is -0.491 e. The fourth-order valence-electron chi connectivity index (χ4n) is 3.70. The van der Waals surface area contributed by atoms with E-state index in [1.165, 1.54) is 12.1 Å². The van der Waals surface area contributed by atoms with E-state index in [-0.39, 0.29) is 30.0 Å². The van der Waals surface area contributed by atoms with E-state index in [2.05, 4.69) is 10.4 Å². The molecule has 2 heterocycles. The van der Waals surface area contributed by atoms with Gasteiger partial charge in [0.15, 0.2) is 0 Å². The van der Waals surface area contributed by atoms with E-state index in [0.717, 1.165) is 12.0 Å². The van der Waals surface area contributed by atoms with Crippen molar-refractivity contribution >= 4 is 6.03 Å². The van der Waals surface area contributed by atoms with Crippen LogP contribution >= 0.6 is 0 Å². The predicted octanol–water partition coefficient (Wildman–Crippen LogP) is 2.34. The number of carbonyl (C=O) groups excluding carboxylic acids is 1. The number of carbonyl (C=O) groups is 1. The van der Waals surface area contributed by atoms with Crippen LogP contribution in [0.3, 0.4) is 0 Å². The molecule has 1 saturated carbocycles. The molecule has 0 saturated heterocycles. The van der Waals surface area contributed by atoms with E-state index in [1.807, 2.05) is 23.9 Å². The number of nitrogens with zero attached hydrogens (tertiary/aromatic N) is 3. The Morgan fingerprint density at radius 1 is 1.48 bits per heavy atom. The van der Waals surface area contributed by atoms with E-state index in [9.17, 15) is 9.18 Å². The molecule has 2 aliphatic rings. The van der Waals surface area contributed by atoms with Gasteiger partial charge in [-0.3, -0.25) is 4.68 Å². The molecule has 1 aromatic heterocycles. The highest BCUT2D eigenvalue weighted by atomic mass is 19.1. The molecule has 144 valence electrons. The first kappa shape index (κ1) is 17.8. The third-order valence-corrected chi connectivity index (χ3v) is 5.10. The SMILES string of the molecule is CCOC1CC(NC(=O)N2CCOc3cc(F)ccc3C2)C1n1cccn1. The molecule has 3 unspecified atom stereocenters. The van der Waals surface area contributed by atoms with Crippen LogP contribution in [0.2, 0.25) is 0 Å². The Kier molecular flexibility index (Phi) is 4.98. The average Bonchev–Trinajstić information content (AvgIpc) is 3.05. The first-order chi connectivity index (χ1) is 13.2. The van der Waals surface area contributed by atoms with E-state index in [0.29, 0.717) is 32.1 Å². The molecule has 1 fully saturated rings. The van der Waals surface area contributed by atoms with Crippen LogP contribution in [0.4, 0.5) is 9.18 Å². The van der Waals surface area contributed by atoms with Crippen LogP contribution < -0.4 is 10.1 Å². The quantitative estimate of drug-likeness (QED) is 0.892. The zero-order valence-electron chi connectivity index (χ0n) is 15.2.